The Kier molecular flexibility index (Phi) is 7.30. The molecule has 0 aromatic rings. The lowest BCUT2D eigenvalue weighted by Crippen LogP contribution is -2.09. The molecule has 0 aromatic carbocycles. The van der Waals surface area contributed by atoms with E-state index in [2.05, 4.69) is 6.58 Å². The number of aliphatic hydroxyl groups is 1. The molecule has 2 N–H and O–H groups in total. The minimum atomic E-state index is -0.981. The molecule has 0 spiro atoms. The number of rotatable bonds is 2. The van der Waals surface area contributed by atoms with E-state index in [-0.39, 0.29) is 0 Å². The third kappa shape index (κ3) is 7.53. The minimum Gasteiger partial charge on any atom is -0.478 e. The molecule has 0 aromatic heterocycles. The maximum Gasteiger partial charge on any atom is 0.327 e. The highest BCUT2D eigenvalue weighted by molar-refractivity contribution is 5.78. The first-order valence-electron chi connectivity index (χ1n) is 4.67. The van der Waals surface area contributed by atoms with Crippen molar-refractivity contribution in [2.75, 3.05) is 6.61 Å². The third-order valence-electron chi connectivity index (χ3n) is 2.16. The topological polar surface area (TPSA) is 57.5 Å². The minimum absolute atomic E-state index is 0.417. The number of carboxylic acids is 1. The summed E-state index contributed by atoms with van der Waals surface area (Å²) in [6.07, 6.45) is 7.42. The fraction of sp³-hybridized carbons (Fsp3) is 0.700. The summed E-state index contributed by atoms with van der Waals surface area (Å²) in [7, 11) is 0. The summed E-state index contributed by atoms with van der Waals surface area (Å²) in [5, 5.41) is 16.3. The number of aliphatic hydroxyl groups excluding tert-OH is 1. The van der Waals surface area contributed by atoms with Crippen LogP contribution in [-0.2, 0) is 4.79 Å². The van der Waals surface area contributed by atoms with Crippen LogP contribution in [0.4, 0.5) is 0 Å². The van der Waals surface area contributed by atoms with Crippen molar-refractivity contribution in [1.29, 1.82) is 0 Å². The molecule has 0 bridgehead atoms. The van der Waals surface area contributed by atoms with Crippen LogP contribution in [0.15, 0.2) is 12.7 Å². The van der Waals surface area contributed by atoms with Crippen LogP contribution in [0.3, 0.4) is 0 Å². The number of carbonyl (C=O) groups is 1. The van der Waals surface area contributed by atoms with Gasteiger partial charge in [0.2, 0.25) is 0 Å². The Labute approximate surface area is 79.1 Å². The largest absolute Gasteiger partial charge is 0.478 e. The molecule has 0 atom stereocenters. The summed E-state index contributed by atoms with van der Waals surface area (Å²) in [6.45, 7) is 3.38. The summed E-state index contributed by atoms with van der Waals surface area (Å²) < 4.78 is 0. The highest BCUT2D eigenvalue weighted by atomic mass is 16.4. The average Bonchev–Trinajstić information content (AvgIpc) is 2.20. The SMILES string of the molecule is C=CC(=O)O.OCC1CCCCC1. The monoisotopic (exact) mass is 186 g/mol. The first kappa shape index (κ1) is 12.2. The van der Waals surface area contributed by atoms with Gasteiger partial charge in [0.1, 0.15) is 0 Å². The van der Waals surface area contributed by atoms with Gasteiger partial charge in [0.25, 0.3) is 0 Å². The number of carboxylic acid groups (broad SMARTS) is 1. The van der Waals surface area contributed by atoms with E-state index in [1.54, 1.807) is 0 Å². The Bertz CT molecular complexity index is 148. The van der Waals surface area contributed by atoms with Crippen molar-refractivity contribution < 1.29 is 15.0 Å². The lowest BCUT2D eigenvalue weighted by Gasteiger charge is -2.18. The Morgan fingerprint density at radius 2 is 1.85 bits per heavy atom. The smallest absolute Gasteiger partial charge is 0.327 e. The standard InChI is InChI=1S/C7H14O.C3H4O2/c8-6-7-4-2-1-3-5-7;1-2-3(4)5/h7-8H,1-6H2;2H,1H2,(H,4,5). The highest BCUT2D eigenvalue weighted by Gasteiger charge is 2.10. The van der Waals surface area contributed by atoms with Crippen molar-refractivity contribution in [2.45, 2.75) is 32.1 Å². The molecule has 1 aliphatic carbocycles. The van der Waals surface area contributed by atoms with Gasteiger partial charge in [-0.25, -0.2) is 4.79 Å². The summed E-state index contributed by atoms with van der Waals surface area (Å²) in [6, 6.07) is 0. The molecule has 1 rings (SSSR count). The fourth-order valence-electron chi connectivity index (χ4n) is 1.37. The van der Waals surface area contributed by atoms with E-state index in [1.165, 1.54) is 32.1 Å². The second kappa shape index (κ2) is 7.80. The Morgan fingerprint density at radius 1 is 1.38 bits per heavy atom. The zero-order chi connectivity index (χ0) is 10.1. The molecular formula is C10H18O3. The lowest BCUT2D eigenvalue weighted by atomic mass is 9.90. The molecule has 0 heterocycles. The molecule has 1 saturated carbocycles. The van der Waals surface area contributed by atoms with Crippen molar-refractivity contribution in [3.05, 3.63) is 12.7 Å². The van der Waals surface area contributed by atoms with E-state index >= 15 is 0 Å². The maximum atomic E-state index is 9.25. The lowest BCUT2D eigenvalue weighted by molar-refractivity contribution is -0.131. The molecule has 1 fully saturated rings. The van der Waals surface area contributed by atoms with Crippen LogP contribution < -0.4 is 0 Å². The molecule has 0 unspecified atom stereocenters. The normalized spacial score (nSPS) is 17.0. The van der Waals surface area contributed by atoms with Crippen LogP contribution in [0.25, 0.3) is 0 Å². The summed E-state index contributed by atoms with van der Waals surface area (Å²) in [4.78, 5) is 9.25. The predicted octanol–water partition coefficient (Wildman–Crippen LogP) is 1.82. The Morgan fingerprint density at radius 3 is 2.08 bits per heavy atom. The van der Waals surface area contributed by atoms with Gasteiger partial charge in [0.15, 0.2) is 0 Å². The molecular weight excluding hydrogens is 168 g/mol. The molecule has 0 aliphatic heterocycles. The van der Waals surface area contributed by atoms with Crippen molar-refractivity contribution in [3.8, 4) is 0 Å². The molecule has 1 aliphatic rings. The second-order valence-corrected chi connectivity index (χ2v) is 3.23. The first-order chi connectivity index (χ1) is 6.20. The molecule has 0 amide bonds. The van der Waals surface area contributed by atoms with Crippen molar-refractivity contribution >= 4 is 5.97 Å². The van der Waals surface area contributed by atoms with Gasteiger partial charge >= 0.3 is 5.97 Å². The van der Waals surface area contributed by atoms with Crippen LogP contribution in [0, 0.1) is 5.92 Å². The van der Waals surface area contributed by atoms with Gasteiger partial charge in [-0.15, -0.1) is 0 Å². The van der Waals surface area contributed by atoms with Crippen molar-refractivity contribution in [1.82, 2.24) is 0 Å². The van der Waals surface area contributed by atoms with Crippen LogP contribution >= 0.6 is 0 Å². The molecule has 0 saturated heterocycles. The van der Waals surface area contributed by atoms with E-state index in [0.29, 0.717) is 12.5 Å². The maximum absolute atomic E-state index is 9.25. The van der Waals surface area contributed by atoms with Gasteiger partial charge in [0.05, 0.1) is 0 Å². The van der Waals surface area contributed by atoms with Gasteiger partial charge in [-0.1, -0.05) is 25.8 Å². The molecule has 13 heavy (non-hydrogen) atoms. The van der Waals surface area contributed by atoms with Gasteiger partial charge in [-0.2, -0.15) is 0 Å². The van der Waals surface area contributed by atoms with Gasteiger partial charge in [0, 0.05) is 12.7 Å². The third-order valence-corrected chi connectivity index (χ3v) is 2.16. The van der Waals surface area contributed by atoms with E-state index in [9.17, 15) is 4.79 Å². The first-order valence-corrected chi connectivity index (χ1v) is 4.67. The zero-order valence-corrected chi connectivity index (χ0v) is 7.91. The van der Waals surface area contributed by atoms with E-state index in [1.807, 2.05) is 0 Å². The summed E-state index contributed by atoms with van der Waals surface area (Å²) >= 11 is 0. The predicted molar refractivity (Wildman–Crippen MR) is 51.5 cm³/mol. The van der Waals surface area contributed by atoms with Crippen LogP contribution in [0.5, 0.6) is 0 Å². The van der Waals surface area contributed by atoms with Crippen LogP contribution in [-0.4, -0.2) is 22.8 Å². The fourth-order valence-corrected chi connectivity index (χ4v) is 1.37. The molecule has 3 heteroatoms. The van der Waals surface area contributed by atoms with Crippen LogP contribution in [0.1, 0.15) is 32.1 Å². The van der Waals surface area contributed by atoms with Crippen molar-refractivity contribution in [3.63, 3.8) is 0 Å². The Balaban J connectivity index is 0.000000252. The van der Waals surface area contributed by atoms with Gasteiger partial charge in [-0.05, 0) is 18.8 Å². The average molecular weight is 186 g/mol. The number of hydrogen-bond acceptors (Lipinski definition) is 2. The Hall–Kier alpha value is -0.830. The van der Waals surface area contributed by atoms with Crippen LogP contribution in [0.2, 0.25) is 0 Å². The molecule has 3 nitrogen and oxygen atoms in total. The second-order valence-electron chi connectivity index (χ2n) is 3.23. The zero-order valence-electron chi connectivity index (χ0n) is 7.91. The number of hydrogen-bond donors (Lipinski definition) is 2. The summed E-state index contributed by atoms with van der Waals surface area (Å²) in [5.74, 6) is -0.339. The molecule has 76 valence electrons. The van der Waals surface area contributed by atoms with Crippen molar-refractivity contribution in [2.24, 2.45) is 5.92 Å². The highest BCUT2D eigenvalue weighted by Crippen LogP contribution is 2.22. The number of aliphatic carboxylic acids is 1. The van der Waals surface area contributed by atoms with E-state index in [4.69, 9.17) is 10.2 Å². The quantitative estimate of drug-likeness (QED) is 0.647. The van der Waals surface area contributed by atoms with E-state index in [0.717, 1.165) is 6.08 Å². The van der Waals surface area contributed by atoms with Gasteiger partial charge < -0.3 is 10.2 Å². The van der Waals surface area contributed by atoms with Gasteiger partial charge in [-0.3, -0.25) is 0 Å². The van der Waals surface area contributed by atoms with E-state index < -0.39 is 5.97 Å². The summed E-state index contributed by atoms with van der Waals surface area (Å²) in [5.41, 5.74) is 0. The molecule has 0 radical (unpaired) electrons.